The third kappa shape index (κ3) is 3.64. The van der Waals surface area contributed by atoms with Gasteiger partial charge >= 0.3 is 17.8 Å². The van der Waals surface area contributed by atoms with Gasteiger partial charge in [0.25, 0.3) is 0 Å². The molecule has 1 aromatic carbocycles. The van der Waals surface area contributed by atoms with E-state index < -0.39 is 17.8 Å². The second-order valence-electron chi connectivity index (χ2n) is 7.03. The van der Waals surface area contributed by atoms with Crippen molar-refractivity contribution in [1.82, 2.24) is 9.80 Å². The molecule has 0 saturated carbocycles. The Bertz CT molecular complexity index is 712. The lowest BCUT2D eigenvalue weighted by atomic mass is 10.00. The van der Waals surface area contributed by atoms with Crippen molar-refractivity contribution in [2.75, 3.05) is 26.3 Å². The smallest absolute Gasteiger partial charge is 0.314 e. The van der Waals surface area contributed by atoms with Crippen LogP contribution in [0.25, 0.3) is 5.57 Å². The van der Waals surface area contributed by atoms with Gasteiger partial charge in [-0.3, -0.25) is 14.5 Å². The van der Waals surface area contributed by atoms with Crippen LogP contribution in [0.15, 0.2) is 36.4 Å². The molecule has 1 unspecified atom stereocenters. The lowest BCUT2D eigenvalue weighted by Gasteiger charge is -2.26. The molecular formula is C19H24N3O3+. The van der Waals surface area contributed by atoms with Crippen LogP contribution in [0.3, 0.4) is 0 Å². The van der Waals surface area contributed by atoms with Crippen molar-refractivity contribution in [2.24, 2.45) is 5.92 Å². The van der Waals surface area contributed by atoms with Gasteiger partial charge in [0, 0.05) is 13.0 Å². The van der Waals surface area contributed by atoms with Crippen LogP contribution in [0.1, 0.15) is 25.8 Å². The monoisotopic (exact) mass is 342 g/mol. The molecule has 2 aliphatic heterocycles. The first-order chi connectivity index (χ1) is 12.0. The Labute approximate surface area is 147 Å². The molecule has 2 aliphatic rings. The molecule has 0 radical (unpaired) electrons. The maximum Gasteiger partial charge on any atom is 0.338 e. The molecule has 1 atom stereocenters. The van der Waals surface area contributed by atoms with Crippen LogP contribution in [0.4, 0.5) is 4.79 Å². The zero-order valence-corrected chi connectivity index (χ0v) is 14.7. The molecule has 0 bridgehead atoms. The fourth-order valence-electron chi connectivity index (χ4n) is 3.28. The number of benzene rings is 1. The minimum absolute atomic E-state index is 0.138. The molecule has 0 aromatic heterocycles. The van der Waals surface area contributed by atoms with Crippen molar-refractivity contribution in [3.05, 3.63) is 42.0 Å². The number of urea groups is 1. The fourth-order valence-corrected chi connectivity index (χ4v) is 3.28. The van der Waals surface area contributed by atoms with E-state index in [-0.39, 0.29) is 19.1 Å². The van der Waals surface area contributed by atoms with Crippen LogP contribution in [0.2, 0.25) is 0 Å². The molecule has 3 rings (SSSR count). The van der Waals surface area contributed by atoms with E-state index in [2.05, 4.69) is 18.2 Å². The predicted molar refractivity (Wildman–Crippen MR) is 93.4 cm³/mol. The number of hydrogen-bond donors (Lipinski definition) is 1. The Hall–Kier alpha value is -2.47. The van der Waals surface area contributed by atoms with Crippen molar-refractivity contribution in [2.45, 2.75) is 20.3 Å². The number of hydrogen-bond acceptors (Lipinski definition) is 3. The lowest BCUT2D eigenvalue weighted by molar-refractivity contribution is -0.902. The Morgan fingerprint density at radius 1 is 1.04 bits per heavy atom. The Morgan fingerprint density at radius 2 is 1.72 bits per heavy atom. The largest absolute Gasteiger partial charge is 0.338 e. The molecule has 4 amide bonds. The Balaban J connectivity index is 1.64. The highest BCUT2D eigenvalue weighted by Gasteiger charge is 2.46. The maximum atomic E-state index is 12.4. The second kappa shape index (κ2) is 7.19. The van der Waals surface area contributed by atoms with Gasteiger partial charge in [0.1, 0.15) is 0 Å². The highest BCUT2D eigenvalue weighted by Crippen LogP contribution is 2.18. The summed E-state index contributed by atoms with van der Waals surface area (Å²) in [6, 6.07) is 9.74. The van der Waals surface area contributed by atoms with Crippen molar-refractivity contribution < 1.29 is 19.3 Å². The highest BCUT2D eigenvalue weighted by molar-refractivity contribution is 6.44. The van der Waals surface area contributed by atoms with Crippen LogP contribution in [-0.4, -0.2) is 53.9 Å². The molecule has 25 heavy (non-hydrogen) atoms. The summed E-state index contributed by atoms with van der Waals surface area (Å²) in [4.78, 5) is 39.9. The summed E-state index contributed by atoms with van der Waals surface area (Å²) >= 11 is 0. The lowest BCUT2D eigenvalue weighted by Crippen LogP contribution is -3.14. The van der Waals surface area contributed by atoms with Gasteiger partial charge in [0.2, 0.25) is 0 Å². The summed E-state index contributed by atoms with van der Waals surface area (Å²) in [5, 5.41) is 0. The molecule has 1 fully saturated rings. The topological polar surface area (TPSA) is 62.1 Å². The van der Waals surface area contributed by atoms with E-state index >= 15 is 0 Å². The van der Waals surface area contributed by atoms with Gasteiger partial charge in [-0.05, 0) is 23.1 Å². The van der Waals surface area contributed by atoms with Gasteiger partial charge < -0.3 is 4.90 Å². The van der Waals surface area contributed by atoms with E-state index in [1.54, 1.807) is 0 Å². The summed E-state index contributed by atoms with van der Waals surface area (Å²) in [6.07, 6.45) is 3.05. The molecule has 0 spiro atoms. The molecule has 6 nitrogen and oxygen atoms in total. The number of nitrogens with one attached hydrogen (secondary N) is 1. The minimum Gasteiger partial charge on any atom is -0.314 e. The average Bonchev–Trinajstić information content (AvgIpc) is 2.81. The van der Waals surface area contributed by atoms with Crippen LogP contribution < -0.4 is 4.90 Å². The number of carbonyl (C=O) groups excluding carboxylic acids is 3. The van der Waals surface area contributed by atoms with E-state index in [9.17, 15) is 14.4 Å². The minimum atomic E-state index is -0.698. The van der Waals surface area contributed by atoms with Crippen molar-refractivity contribution in [3.63, 3.8) is 0 Å². The number of rotatable bonds is 5. The summed E-state index contributed by atoms with van der Waals surface area (Å²) in [5.74, 6) is -1.26. The van der Waals surface area contributed by atoms with Crippen molar-refractivity contribution >= 4 is 23.4 Å². The Kier molecular flexibility index (Phi) is 4.99. The Morgan fingerprint density at radius 3 is 2.32 bits per heavy atom. The van der Waals surface area contributed by atoms with E-state index in [4.69, 9.17) is 0 Å². The van der Waals surface area contributed by atoms with Gasteiger partial charge in [-0.2, -0.15) is 0 Å². The molecule has 6 heteroatoms. The average molecular weight is 342 g/mol. The fraction of sp³-hybridized carbons (Fsp3) is 0.421. The normalized spacial score (nSPS) is 21.3. The third-order valence-electron chi connectivity index (χ3n) is 4.59. The van der Waals surface area contributed by atoms with Crippen LogP contribution in [-0.2, 0) is 9.59 Å². The second-order valence-corrected chi connectivity index (χ2v) is 7.03. The first kappa shape index (κ1) is 17.4. The summed E-state index contributed by atoms with van der Waals surface area (Å²) < 4.78 is 0. The zero-order chi connectivity index (χ0) is 18.0. The van der Waals surface area contributed by atoms with E-state index in [1.807, 2.05) is 32.0 Å². The van der Waals surface area contributed by atoms with Gasteiger partial charge in [-0.25, -0.2) is 9.69 Å². The van der Waals surface area contributed by atoms with Crippen molar-refractivity contribution in [3.8, 4) is 0 Å². The first-order valence-corrected chi connectivity index (χ1v) is 8.72. The summed E-state index contributed by atoms with van der Waals surface area (Å²) in [6.45, 7) is 5.93. The van der Waals surface area contributed by atoms with Gasteiger partial charge in [-0.15, -0.1) is 0 Å². The summed E-state index contributed by atoms with van der Waals surface area (Å²) in [7, 11) is 0. The van der Waals surface area contributed by atoms with Crippen LogP contribution in [0, 0.1) is 5.92 Å². The zero-order valence-electron chi connectivity index (χ0n) is 14.7. The molecule has 1 N–H and O–H groups in total. The van der Waals surface area contributed by atoms with Crippen molar-refractivity contribution in [1.29, 1.82) is 0 Å². The van der Waals surface area contributed by atoms with Gasteiger partial charge in [0.05, 0.1) is 13.1 Å². The quantitative estimate of drug-likeness (QED) is 0.635. The predicted octanol–water partition coefficient (Wildman–Crippen LogP) is 0.763. The van der Waals surface area contributed by atoms with E-state index in [0.717, 1.165) is 34.2 Å². The molecule has 132 valence electrons. The van der Waals surface area contributed by atoms with Gasteiger partial charge in [-0.1, -0.05) is 44.2 Å². The van der Waals surface area contributed by atoms with Crippen LogP contribution >= 0.6 is 0 Å². The standard InChI is InChI=1S/C19H23N3O3/c1-14(2)12-21-17(23)18(24)22(19(21)25)13-20-10-8-16(9-11-20)15-6-4-3-5-7-15/h3-8,14H,9-13H2,1-2H3/p+1. The van der Waals surface area contributed by atoms with E-state index in [1.165, 1.54) is 11.1 Å². The number of carbonyl (C=O) groups is 3. The molecule has 1 aromatic rings. The number of amides is 4. The molecule has 1 saturated heterocycles. The van der Waals surface area contributed by atoms with Crippen LogP contribution in [0.5, 0.6) is 0 Å². The maximum absolute atomic E-state index is 12.4. The number of imide groups is 2. The first-order valence-electron chi connectivity index (χ1n) is 8.72. The number of quaternary nitrogens is 1. The number of nitrogens with zero attached hydrogens (tertiary/aromatic N) is 2. The molecule has 0 aliphatic carbocycles. The molecular weight excluding hydrogens is 318 g/mol. The third-order valence-corrected chi connectivity index (χ3v) is 4.59. The SMILES string of the molecule is CC(C)CN1C(=O)C(=O)N(C[NH+]2CC=C(c3ccccc3)CC2)C1=O. The highest BCUT2D eigenvalue weighted by atomic mass is 16.2. The van der Waals surface area contributed by atoms with E-state index in [0.29, 0.717) is 0 Å². The molecule has 2 heterocycles. The van der Waals surface area contributed by atoms with Gasteiger partial charge in [0.15, 0.2) is 6.67 Å². The summed E-state index contributed by atoms with van der Waals surface area (Å²) in [5.41, 5.74) is 2.51.